The Morgan fingerprint density at radius 2 is 1.79 bits per heavy atom. The molecule has 0 radical (unpaired) electrons. The summed E-state index contributed by atoms with van der Waals surface area (Å²) < 4.78 is 25.8. The van der Waals surface area contributed by atoms with Gasteiger partial charge in [-0.05, 0) is 31.7 Å². The van der Waals surface area contributed by atoms with E-state index in [9.17, 15) is 8.78 Å². The molecular weight excluding hydrogens is 186 g/mol. The van der Waals surface area contributed by atoms with Crippen molar-refractivity contribution in [3.63, 3.8) is 0 Å². The van der Waals surface area contributed by atoms with E-state index in [1.54, 1.807) is 14.0 Å². The van der Waals surface area contributed by atoms with E-state index in [-0.39, 0.29) is 0 Å². The minimum absolute atomic E-state index is 0.448. The monoisotopic (exact) mass is 200 g/mol. The summed E-state index contributed by atoms with van der Waals surface area (Å²) in [4.78, 5) is 0. The second-order valence-corrected chi connectivity index (χ2v) is 3.61. The quantitative estimate of drug-likeness (QED) is 0.773. The van der Waals surface area contributed by atoms with Crippen LogP contribution in [0.3, 0.4) is 0 Å². The van der Waals surface area contributed by atoms with Gasteiger partial charge in [0.15, 0.2) is 0 Å². The highest BCUT2D eigenvalue weighted by Crippen LogP contribution is 2.19. The number of nitrogens with two attached hydrogens (primary N) is 1. The van der Waals surface area contributed by atoms with Crippen molar-refractivity contribution < 1.29 is 8.78 Å². The van der Waals surface area contributed by atoms with E-state index in [2.05, 4.69) is 5.32 Å². The first-order valence-electron chi connectivity index (χ1n) is 4.36. The number of rotatable bonds is 3. The normalized spacial score (nSPS) is 15.2. The number of benzene rings is 1. The van der Waals surface area contributed by atoms with Gasteiger partial charge >= 0.3 is 0 Å². The summed E-state index contributed by atoms with van der Waals surface area (Å²) in [5, 5.41) is 2.88. The zero-order valence-corrected chi connectivity index (χ0v) is 8.27. The fourth-order valence-corrected chi connectivity index (χ4v) is 1.35. The fraction of sp³-hybridized carbons (Fsp3) is 0.400. The molecule has 1 atom stereocenters. The largest absolute Gasteiger partial charge is 0.321 e. The van der Waals surface area contributed by atoms with Crippen LogP contribution in [0.1, 0.15) is 12.5 Å². The van der Waals surface area contributed by atoms with Crippen molar-refractivity contribution in [2.45, 2.75) is 12.5 Å². The lowest BCUT2D eigenvalue weighted by Crippen LogP contribution is -2.42. The van der Waals surface area contributed by atoms with E-state index in [0.29, 0.717) is 12.1 Å². The SMILES string of the molecule is CNCC(C)(N)c1cc(F)cc(F)c1. The molecular formula is C10H14F2N2. The van der Waals surface area contributed by atoms with Crippen LogP contribution in [0.4, 0.5) is 8.78 Å². The number of likely N-dealkylation sites (N-methyl/N-ethyl adjacent to an activating group) is 1. The molecule has 4 heteroatoms. The highest BCUT2D eigenvalue weighted by atomic mass is 19.1. The summed E-state index contributed by atoms with van der Waals surface area (Å²) in [7, 11) is 1.74. The van der Waals surface area contributed by atoms with Crippen molar-refractivity contribution in [1.82, 2.24) is 5.32 Å². The van der Waals surface area contributed by atoms with Crippen LogP contribution in [0, 0.1) is 11.6 Å². The molecule has 14 heavy (non-hydrogen) atoms. The molecule has 0 aliphatic carbocycles. The Hall–Kier alpha value is -1.00. The van der Waals surface area contributed by atoms with E-state index in [1.165, 1.54) is 12.1 Å². The molecule has 0 saturated carbocycles. The van der Waals surface area contributed by atoms with Crippen molar-refractivity contribution in [3.8, 4) is 0 Å². The topological polar surface area (TPSA) is 38.0 Å². The molecule has 3 N–H and O–H groups in total. The van der Waals surface area contributed by atoms with Crippen LogP contribution in [0.25, 0.3) is 0 Å². The van der Waals surface area contributed by atoms with Gasteiger partial charge in [-0.25, -0.2) is 8.78 Å². The Morgan fingerprint density at radius 3 is 2.21 bits per heavy atom. The van der Waals surface area contributed by atoms with Crippen molar-refractivity contribution in [2.75, 3.05) is 13.6 Å². The molecule has 2 nitrogen and oxygen atoms in total. The summed E-state index contributed by atoms with van der Waals surface area (Å²) in [6.07, 6.45) is 0. The molecule has 0 aromatic heterocycles. The highest BCUT2D eigenvalue weighted by Gasteiger charge is 2.21. The molecule has 0 fully saturated rings. The second-order valence-electron chi connectivity index (χ2n) is 3.61. The Morgan fingerprint density at radius 1 is 1.29 bits per heavy atom. The van der Waals surface area contributed by atoms with Gasteiger partial charge < -0.3 is 11.1 Å². The van der Waals surface area contributed by atoms with Gasteiger partial charge in [-0.3, -0.25) is 0 Å². The molecule has 1 rings (SSSR count). The average Bonchev–Trinajstić information content (AvgIpc) is 2.02. The summed E-state index contributed by atoms with van der Waals surface area (Å²) >= 11 is 0. The molecule has 0 spiro atoms. The lowest BCUT2D eigenvalue weighted by molar-refractivity contribution is 0.458. The summed E-state index contributed by atoms with van der Waals surface area (Å²) in [5.74, 6) is -1.21. The van der Waals surface area contributed by atoms with Gasteiger partial charge in [-0.2, -0.15) is 0 Å². The molecule has 1 aromatic rings. The van der Waals surface area contributed by atoms with Crippen molar-refractivity contribution in [3.05, 3.63) is 35.4 Å². The van der Waals surface area contributed by atoms with Gasteiger partial charge in [0.25, 0.3) is 0 Å². The van der Waals surface area contributed by atoms with Crippen LogP contribution in [-0.2, 0) is 5.54 Å². The average molecular weight is 200 g/mol. The van der Waals surface area contributed by atoms with Gasteiger partial charge in [0.1, 0.15) is 11.6 Å². The van der Waals surface area contributed by atoms with Crippen molar-refractivity contribution >= 4 is 0 Å². The summed E-state index contributed by atoms with van der Waals surface area (Å²) in [6, 6.07) is 3.33. The molecule has 0 heterocycles. The standard InChI is InChI=1S/C10H14F2N2/c1-10(13,6-14-2)7-3-8(11)5-9(12)4-7/h3-5,14H,6,13H2,1-2H3. The third-order valence-corrected chi connectivity index (χ3v) is 2.07. The number of hydrogen-bond acceptors (Lipinski definition) is 2. The Labute approximate surface area is 82.1 Å². The Kier molecular flexibility index (Phi) is 3.18. The van der Waals surface area contributed by atoms with Gasteiger partial charge in [0.05, 0.1) is 5.54 Å². The molecule has 78 valence electrons. The van der Waals surface area contributed by atoms with Crippen LogP contribution >= 0.6 is 0 Å². The number of halogens is 2. The third kappa shape index (κ3) is 2.49. The lowest BCUT2D eigenvalue weighted by Gasteiger charge is -2.24. The maximum Gasteiger partial charge on any atom is 0.126 e. The van der Waals surface area contributed by atoms with Crippen LogP contribution in [0.15, 0.2) is 18.2 Å². The first-order valence-corrected chi connectivity index (χ1v) is 4.36. The zero-order chi connectivity index (χ0) is 10.8. The predicted octanol–water partition coefficient (Wildman–Crippen LogP) is 1.36. The molecule has 0 bridgehead atoms. The fourth-order valence-electron chi connectivity index (χ4n) is 1.35. The van der Waals surface area contributed by atoms with Crippen molar-refractivity contribution in [1.29, 1.82) is 0 Å². The molecule has 0 aliphatic heterocycles. The summed E-state index contributed by atoms with van der Waals surface area (Å²) in [6.45, 7) is 2.17. The molecule has 1 aromatic carbocycles. The van der Waals surface area contributed by atoms with Gasteiger partial charge in [-0.15, -0.1) is 0 Å². The number of nitrogens with one attached hydrogen (secondary N) is 1. The van der Waals surface area contributed by atoms with Crippen LogP contribution in [0.2, 0.25) is 0 Å². The maximum atomic E-state index is 12.9. The highest BCUT2D eigenvalue weighted by molar-refractivity contribution is 5.25. The minimum atomic E-state index is -0.766. The number of hydrogen-bond donors (Lipinski definition) is 2. The predicted molar refractivity (Wildman–Crippen MR) is 51.8 cm³/mol. The second kappa shape index (κ2) is 4.02. The molecule has 0 amide bonds. The van der Waals surface area contributed by atoms with Crippen LogP contribution in [-0.4, -0.2) is 13.6 Å². The van der Waals surface area contributed by atoms with E-state index in [4.69, 9.17) is 5.73 Å². The van der Waals surface area contributed by atoms with Gasteiger partial charge in [-0.1, -0.05) is 0 Å². The summed E-state index contributed by atoms with van der Waals surface area (Å²) in [5.41, 5.74) is 5.57. The van der Waals surface area contributed by atoms with E-state index in [1.807, 2.05) is 0 Å². The van der Waals surface area contributed by atoms with E-state index in [0.717, 1.165) is 6.07 Å². The lowest BCUT2D eigenvalue weighted by atomic mass is 9.93. The maximum absolute atomic E-state index is 12.9. The first kappa shape index (κ1) is 11.1. The third-order valence-electron chi connectivity index (χ3n) is 2.07. The molecule has 1 unspecified atom stereocenters. The van der Waals surface area contributed by atoms with Gasteiger partial charge in [0.2, 0.25) is 0 Å². The minimum Gasteiger partial charge on any atom is -0.321 e. The smallest absolute Gasteiger partial charge is 0.126 e. The first-order chi connectivity index (χ1) is 6.45. The Bertz CT molecular complexity index is 304. The zero-order valence-electron chi connectivity index (χ0n) is 8.27. The molecule has 0 aliphatic rings. The van der Waals surface area contributed by atoms with E-state index >= 15 is 0 Å². The van der Waals surface area contributed by atoms with Crippen LogP contribution in [0.5, 0.6) is 0 Å². The Balaban J connectivity index is 3.05. The van der Waals surface area contributed by atoms with Crippen LogP contribution < -0.4 is 11.1 Å². The van der Waals surface area contributed by atoms with Gasteiger partial charge in [0, 0.05) is 12.6 Å². The van der Waals surface area contributed by atoms with Crippen molar-refractivity contribution in [2.24, 2.45) is 5.73 Å². The van der Waals surface area contributed by atoms with E-state index < -0.39 is 17.2 Å². The molecule has 0 saturated heterocycles.